The summed E-state index contributed by atoms with van der Waals surface area (Å²) >= 11 is 0. The van der Waals surface area contributed by atoms with Crippen LogP contribution in [-0.2, 0) is 11.3 Å². The van der Waals surface area contributed by atoms with Crippen molar-refractivity contribution in [3.63, 3.8) is 0 Å². The molecule has 0 aromatic carbocycles. The molecular formula is C18H25N5O2. The smallest absolute Gasteiger partial charge is 0.321 e. The molecule has 25 heavy (non-hydrogen) atoms. The van der Waals surface area contributed by atoms with E-state index in [2.05, 4.69) is 15.4 Å². The maximum Gasteiger partial charge on any atom is 0.321 e. The molecule has 1 saturated heterocycles. The van der Waals surface area contributed by atoms with Gasteiger partial charge in [0.1, 0.15) is 0 Å². The highest BCUT2D eigenvalue weighted by Gasteiger charge is 2.23. The molecule has 0 atom stereocenters. The molecule has 0 saturated carbocycles. The van der Waals surface area contributed by atoms with Crippen molar-refractivity contribution in [2.45, 2.75) is 45.4 Å². The molecule has 0 bridgehead atoms. The minimum Gasteiger partial charge on any atom is -0.372 e. The predicted molar refractivity (Wildman–Crippen MR) is 95.3 cm³/mol. The van der Waals surface area contributed by atoms with Crippen LogP contribution in [0.15, 0.2) is 36.8 Å². The van der Waals surface area contributed by atoms with E-state index < -0.39 is 0 Å². The zero-order valence-corrected chi connectivity index (χ0v) is 14.8. The number of ether oxygens (including phenoxy) is 1. The van der Waals surface area contributed by atoms with Gasteiger partial charge in [-0.05, 0) is 38.8 Å². The normalized spacial score (nSPS) is 15.6. The van der Waals surface area contributed by atoms with E-state index in [9.17, 15) is 4.79 Å². The van der Waals surface area contributed by atoms with E-state index in [0.29, 0.717) is 19.7 Å². The average Bonchev–Trinajstić information content (AvgIpc) is 3.10. The van der Waals surface area contributed by atoms with Crippen molar-refractivity contribution in [2.24, 2.45) is 0 Å². The van der Waals surface area contributed by atoms with Crippen molar-refractivity contribution in [1.82, 2.24) is 19.7 Å². The first-order chi connectivity index (χ1) is 12.1. The highest BCUT2D eigenvalue weighted by atomic mass is 16.5. The van der Waals surface area contributed by atoms with Crippen LogP contribution >= 0.6 is 0 Å². The number of hydrogen-bond donors (Lipinski definition) is 1. The quantitative estimate of drug-likeness (QED) is 0.905. The van der Waals surface area contributed by atoms with Crippen molar-refractivity contribution in [3.8, 4) is 0 Å². The van der Waals surface area contributed by atoms with E-state index in [4.69, 9.17) is 4.74 Å². The summed E-state index contributed by atoms with van der Waals surface area (Å²) in [5.41, 5.74) is 1.66. The number of hydrogen-bond acceptors (Lipinski definition) is 4. The standard InChI is InChI=1S/C18H25N5O2/c1-14(2)23-12-16(11-20-23)21-18(24)22-9-6-17(7-10-22)25-13-15-5-3-4-8-19-15/h3-5,8,11-12,14,17H,6-7,9-10,13H2,1-2H3,(H,21,24). The van der Waals surface area contributed by atoms with Gasteiger partial charge in [0, 0.05) is 31.5 Å². The first-order valence-corrected chi connectivity index (χ1v) is 8.73. The zero-order chi connectivity index (χ0) is 17.6. The maximum atomic E-state index is 12.4. The molecule has 2 aromatic heterocycles. The SMILES string of the molecule is CC(C)n1cc(NC(=O)N2CCC(OCc3ccccn3)CC2)cn1. The van der Waals surface area contributed by atoms with Gasteiger partial charge in [0.2, 0.25) is 0 Å². The third-order valence-corrected chi connectivity index (χ3v) is 4.30. The number of aromatic nitrogens is 3. The Kier molecular flexibility index (Phi) is 5.65. The third kappa shape index (κ3) is 4.79. The minimum atomic E-state index is -0.0773. The van der Waals surface area contributed by atoms with E-state index in [0.717, 1.165) is 24.2 Å². The van der Waals surface area contributed by atoms with Gasteiger partial charge in [-0.3, -0.25) is 9.67 Å². The van der Waals surface area contributed by atoms with Gasteiger partial charge >= 0.3 is 6.03 Å². The molecule has 1 N–H and O–H groups in total. The Bertz CT molecular complexity index is 678. The highest BCUT2D eigenvalue weighted by Crippen LogP contribution is 2.17. The Morgan fingerprint density at radius 1 is 1.36 bits per heavy atom. The Hall–Kier alpha value is -2.41. The number of carbonyl (C=O) groups excluding carboxylic acids is 1. The fourth-order valence-electron chi connectivity index (χ4n) is 2.80. The summed E-state index contributed by atoms with van der Waals surface area (Å²) in [6.45, 7) is 6.00. The van der Waals surface area contributed by atoms with Gasteiger partial charge in [-0.1, -0.05) is 6.07 Å². The third-order valence-electron chi connectivity index (χ3n) is 4.30. The topological polar surface area (TPSA) is 72.3 Å². The molecule has 1 aliphatic rings. The summed E-state index contributed by atoms with van der Waals surface area (Å²) in [6, 6.07) is 6.01. The first kappa shape index (κ1) is 17.4. The van der Waals surface area contributed by atoms with Crippen LogP contribution in [0.5, 0.6) is 0 Å². The molecule has 0 spiro atoms. The molecule has 7 heteroatoms. The number of pyridine rings is 1. The van der Waals surface area contributed by atoms with Crippen molar-refractivity contribution >= 4 is 11.7 Å². The fourth-order valence-corrected chi connectivity index (χ4v) is 2.80. The molecule has 2 aromatic rings. The van der Waals surface area contributed by atoms with Crippen LogP contribution < -0.4 is 5.32 Å². The number of nitrogens with one attached hydrogen (secondary N) is 1. The lowest BCUT2D eigenvalue weighted by Crippen LogP contribution is -2.43. The predicted octanol–water partition coefficient (Wildman–Crippen LogP) is 3.07. The fraction of sp³-hybridized carbons (Fsp3) is 0.500. The molecule has 0 radical (unpaired) electrons. The number of carbonyl (C=O) groups is 1. The van der Waals surface area contributed by atoms with Gasteiger partial charge in [-0.25, -0.2) is 4.79 Å². The number of nitrogens with zero attached hydrogens (tertiary/aromatic N) is 4. The van der Waals surface area contributed by atoms with Crippen LogP contribution in [0, 0.1) is 0 Å². The molecule has 1 aliphatic heterocycles. The second-order valence-electron chi connectivity index (χ2n) is 6.55. The maximum absolute atomic E-state index is 12.4. The lowest BCUT2D eigenvalue weighted by molar-refractivity contribution is 0.00399. The summed E-state index contributed by atoms with van der Waals surface area (Å²) < 4.78 is 7.74. The number of piperidine rings is 1. The summed E-state index contributed by atoms with van der Waals surface area (Å²) in [7, 11) is 0. The second kappa shape index (κ2) is 8.11. The van der Waals surface area contributed by atoms with Crippen molar-refractivity contribution in [2.75, 3.05) is 18.4 Å². The van der Waals surface area contributed by atoms with Gasteiger partial charge < -0.3 is 15.0 Å². The van der Waals surface area contributed by atoms with Crippen LogP contribution in [0.2, 0.25) is 0 Å². The Morgan fingerprint density at radius 3 is 2.80 bits per heavy atom. The van der Waals surface area contributed by atoms with Gasteiger partial charge in [-0.2, -0.15) is 5.10 Å². The largest absolute Gasteiger partial charge is 0.372 e. The van der Waals surface area contributed by atoms with Crippen LogP contribution in [0.3, 0.4) is 0 Å². The van der Waals surface area contributed by atoms with Gasteiger partial charge in [0.25, 0.3) is 0 Å². The summed E-state index contributed by atoms with van der Waals surface area (Å²) in [5, 5.41) is 7.15. The van der Waals surface area contributed by atoms with E-state index in [1.807, 2.05) is 47.8 Å². The summed E-state index contributed by atoms with van der Waals surface area (Å²) in [5.74, 6) is 0. The summed E-state index contributed by atoms with van der Waals surface area (Å²) in [4.78, 5) is 18.4. The van der Waals surface area contributed by atoms with Gasteiger partial charge in [-0.15, -0.1) is 0 Å². The highest BCUT2D eigenvalue weighted by molar-refractivity contribution is 5.89. The molecule has 3 rings (SSSR count). The zero-order valence-electron chi connectivity index (χ0n) is 14.8. The number of anilines is 1. The number of likely N-dealkylation sites (tertiary alicyclic amines) is 1. The number of urea groups is 1. The van der Waals surface area contributed by atoms with E-state index in [-0.39, 0.29) is 18.2 Å². The number of amides is 2. The van der Waals surface area contributed by atoms with Crippen LogP contribution in [0.1, 0.15) is 38.4 Å². The van der Waals surface area contributed by atoms with Crippen molar-refractivity contribution < 1.29 is 9.53 Å². The lowest BCUT2D eigenvalue weighted by atomic mass is 10.1. The molecule has 2 amide bonds. The average molecular weight is 343 g/mol. The van der Waals surface area contributed by atoms with Gasteiger partial charge in [0.05, 0.1) is 30.3 Å². The van der Waals surface area contributed by atoms with Crippen molar-refractivity contribution in [1.29, 1.82) is 0 Å². The summed E-state index contributed by atoms with van der Waals surface area (Å²) in [6.07, 6.45) is 7.16. The minimum absolute atomic E-state index is 0.0773. The molecule has 7 nitrogen and oxygen atoms in total. The van der Waals surface area contributed by atoms with E-state index >= 15 is 0 Å². The Balaban J connectivity index is 1.42. The molecule has 0 aliphatic carbocycles. The molecular weight excluding hydrogens is 318 g/mol. The van der Waals surface area contributed by atoms with Crippen LogP contribution in [-0.4, -0.2) is 44.9 Å². The first-order valence-electron chi connectivity index (χ1n) is 8.73. The monoisotopic (exact) mass is 343 g/mol. The van der Waals surface area contributed by atoms with E-state index in [1.54, 1.807) is 12.4 Å². The van der Waals surface area contributed by atoms with Crippen LogP contribution in [0.4, 0.5) is 10.5 Å². The number of rotatable bonds is 5. The van der Waals surface area contributed by atoms with Crippen molar-refractivity contribution in [3.05, 3.63) is 42.5 Å². The molecule has 134 valence electrons. The van der Waals surface area contributed by atoms with Crippen LogP contribution in [0.25, 0.3) is 0 Å². The molecule has 0 unspecified atom stereocenters. The lowest BCUT2D eigenvalue weighted by Gasteiger charge is -2.31. The van der Waals surface area contributed by atoms with E-state index in [1.165, 1.54) is 0 Å². The Labute approximate surface area is 148 Å². The molecule has 1 fully saturated rings. The Morgan fingerprint density at radius 2 is 2.16 bits per heavy atom. The second-order valence-corrected chi connectivity index (χ2v) is 6.55. The molecule has 3 heterocycles. The van der Waals surface area contributed by atoms with Gasteiger partial charge in [0.15, 0.2) is 0 Å².